The summed E-state index contributed by atoms with van der Waals surface area (Å²) in [4.78, 5) is 27.8. The molecule has 0 N–H and O–H groups in total. The molecule has 0 spiro atoms. The lowest BCUT2D eigenvalue weighted by molar-refractivity contribution is -0.117. The van der Waals surface area contributed by atoms with E-state index in [9.17, 15) is 14.0 Å². The summed E-state index contributed by atoms with van der Waals surface area (Å²) >= 11 is 1.12. The molecule has 1 fully saturated rings. The first-order valence-electron chi connectivity index (χ1n) is 5.16. The molecule has 2 rings (SSSR count). The fourth-order valence-electron chi connectivity index (χ4n) is 1.77. The van der Waals surface area contributed by atoms with Gasteiger partial charge < -0.3 is 0 Å². The molecule has 6 heteroatoms. The number of amides is 1. The molecule has 1 aromatic rings. The molecule has 1 saturated heterocycles. The number of halogens is 1. The van der Waals surface area contributed by atoms with Crippen LogP contribution in [-0.4, -0.2) is 27.8 Å². The predicted molar refractivity (Wildman–Crippen MR) is 63.2 cm³/mol. The van der Waals surface area contributed by atoms with Crippen LogP contribution < -0.4 is 4.90 Å². The Morgan fingerprint density at radius 2 is 2.41 bits per heavy atom. The minimum Gasteiger partial charge on any atom is -0.293 e. The van der Waals surface area contributed by atoms with E-state index in [4.69, 9.17) is 0 Å². The maximum absolute atomic E-state index is 13.5. The van der Waals surface area contributed by atoms with Crippen LogP contribution in [0.1, 0.15) is 13.3 Å². The van der Waals surface area contributed by atoms with Crippen molar-refractivity contribution in [2.75, 3.05) is 11.4 Å². The minimum atomic E-state index is -0.519. The predicted octanol–water partition coefficient (Wildman–Crippen LogP) is 1.61. The molecule has 4 nitrogen and oxygen atoms in total. The molecule has 1 unspecified atom stereocenters. The summed E-state index contributed by atoms with van der Waals surface area (Å²) in [5.74, 6) is -0.667. The van der Waals surface area contributed by atoms with Crippen LogP contribution in [-0.2, 0) is 9.59 Å². The lowest BCUT2D eigenvalue weighted by Crippen LogP contribution is -2.26. The van der Waals surface area contributed by atoms with Crippen molar-refractivity contribution < 1.29 is 14.0 Å². The highest BCUT2D eigenvalue weighted by molar-refractivity contribution is 8.14. The van der Waals surface area contributed by atoms with E-state index in [0.717, 1.165) is 11.8 Å². The molecule has 1 atom stereocenters. The molecule has 1 aliphatic heterocycles. The van der Waals surface area contributed by atoms with Gasteiger partial charge in [0.2, 0.25) is 5.91 Å². The lowest BCUT2D eigenvalue weighted by atomic mass is 10.4. The van der Waals surface area contributed by atoms with E-state index in [1.54, 1.807) is 0 Å². The van der Waals surface area contributed by atoms with Gasteiger partial charge in [-0.3, -0.25) is 14.5 Å². The molecule has 1 amide bonds. The Labute approximate surface area is 102 Å². The van der Waals surface area contributed by atoms with Crippen molar-refractivity contribution in [3.8, 4) is 0 Å². The third kappa shape index (κ3) is 2.63. The van der Waals surface area contributed by atoms with Gasteiger partial charge in [0, 0.05) is 31.3 Å². The van der Waals surface area contributed by atoms with Gasteiger partial charge in [0.15, 0.2) is 16.8 Å². The topological polar surface area (TPSA) is 50.3 Å². The van der Waals surface area contributed by atoms with Gasteiger partial charge in [-0.2, -0.15) is 0 Å². The summed E-state index contributed by atoms with van der Waals surface area (Å²) in [6.07, 6.45) is 1.69. The number of carbonyl (C=O) groups is 2. The molecule has 0 aromatic carbocycles. The molecular formula is C11H11FN2O2S. The van der Waals surface area contributed by atoms with E-state index in [2.05, 4.69) is 4.98 Å². The monoisotopic (exact) mass is 254 g/mol. The van der Waals surface area contributed by atoms with Gasteiger partial charge in [-0.1, -0.05) is 11.8 Å². The number of hydrogen-bond acceptors (Lipinski definition) is 4. The van der Waals surface area contributed by atoms with Gasteiger partial charge >= 0.3 is 0 Å². The highest BCUT2D eigenvalue weighted by Gasteiger charge is 2.33. The normalized spacial score (nSPS) is 19.8. The Kier molecular flexibility index (Phi) is 3.42. The summed E-state index contributed by atoms with van der Waals surface area (Å²) in [7, 11) is 0. The summed E-state index contributed by atoms with van der Waals surface area (Å²) < 4.78 is 13.5. The summed E-state index contributed by atoms with van der Waals surface area (Å²) in [5, 5.41) is -0.146. The van der Waals surface area contributed by atoms with Crippen molar-refractivity contribution in [2.45, 2.75) is 18.6 Å². The number of aromatic nitrogens is 1. The molecule has 17 heavy (non-hydrogen) atoms. The minimum absolute atomic E-state index is 0.0360. The smallest absolute Gasteiger partial charge is 0.229 e. The van der Waals surface area contributed by atoms with E-state index in [1.807, 2.05) is 0 Å². The zero-order valence-electron chi connectivity index (χ0n) is 9.22. The first-order valence-corrected chi connectivity index (χ1v) is 6.04. The van der Waals surface area contributed by atoms with E-state index < -0.39 is 5.82 Å². The Balaban J connectivity index is 2.16. The van der Waals surface area contributed by atoms with E-state index in [0.29, 0.717) is 6.54 Å². The number of hydrogen-bond donors (Lipinski definition) is 0. The van der Waals surface area contributed by atoms with Crippen molar-refractivity contribution in [2.24, 2.45) is 0 Å². The molecule has 0 bridgehead atoms. The molecule has 2 heterocycles. The van der Waals surface area contributed by atoms with Gasteiger partial charge in [-0.15, -0.1) is 0 Å². The van der Waals surface area contributed by atoms with Crippen LogP contribution in [0.5, 0.6) is 0 Å². The quantitative estimate of drug-likeness (QED) is 0.804. The fourth-order valence-corrected chi connectivity index (χ4v) is 2.69. The molecule has 1 aromatic heterocycles. The molecule has 0 saturated carbocycles. The molecule has 1 aliphatic rings. The lowest BCUT2D eigenvalue weighted by Gasteiger charge is -2.15. The molecular weight excluding hydrogens is 243 g/mol. The number of carbonyl (C=O) groups excluding carboxylic acids is 2. The Morgan fingerprint density at radius 3 is 3.06 bits per heavy atom. The maximum atomic E-state index is 13.5. The second kappa shape index (κ2) is 4.83. The average molecular weight is 254 g/mol. The van der Waals surface area contributed by atoms with Gasteiger partial charge in [0.05, 0.1) is 0 Å². The van der Waals surface area contributed by atoms with Crippen molar-refractivity contribution in [3.63, 3.8) is 0 Å². The number of anilines is 1. The summed E-state index contributed by atoms with van der Waals surface area (Å²) in [6.45, 7) is 1.79. The van der Waals surface area contributed by atoms with Crippen LogP contribution in [0.25, 0.3) is 0 Å². The van der Waals surface area contributed by atoms with Crippen molar-refractivity contribution in [3.05, 3.63) is 24.1 Å². The van der Waals surface area contributed by atoms with Gasteiger partial charge in [-0.05, 0) is 12.1 Å². The molecule has 0 aliphatic carbocycles. The second-order valence-corrected chi connectivity index (χ2v) is 5.23. The number of pyridine rings is 1. The third-order valence-electron chi connectivity index (χ3n) is 2.42. The Morgan fingerprint density at radius 1 is 1.65 bits per heavy atom. The van der Waals surface area contributed by atoms with Crippen LogP contribution >= 0.6 is 11.8 Å². The van der Waals surface area contributed by atoms with Crippen LogP contribution in [0.15, 0.2) is 18.3 Å². The van der Waals surface area contributed by atoms with Gasteiger partial charge in [0.25, 0.3) is 0 Å². The molecule has 0 radical (unpaired) electrons. The average Bonchev–Trinajstić information content (AvgIpc) is 2.59. The zero-order valence-corrected chi connectivity index (χ0v) is 10.0. The van der Waals surface area contributed by atoms with Crippen LogP contribution in [0, 0.1) is 5.82 Å². The first kappa shape index (κ1) is 12.0. The third-order valence-corrected chi connectivity index (χ3v) is 3.40. The van der Waals surface area contributed by atoms with Crippen LogP contribution in [0.3, 0.4) is 0 Å². The van der Waals surface area contributed by atoms with Crippen molar-refractivity contribution in [1.82, 2.24) is 4.98 Å². The second-order valence-electron chi connectivity index (χ2n) is 3.75. The molecule has 90 valence electrons. The number of thioether (sulfide) groups is 1. The Hall–Kier alpha value is -1.43. The maximum Gasteiger partial charge on any atom is 0.229 e. The fraction of sp³-hybridized carbons (Fsp3) is 0.364. The van der Waals surface area contributed by atoms with Gasteiger partial charge in [0.1, 0.15) is 0 Å². The van der Waals surface area contributed by atoms with E-state index in [1.165, 1.54) is 30.2 Å². The van der Waals surface area contributed by atoms with Gasteiger partial charge in [-0.25, -0.2) is 9.37 Å². The number of rotatable bonds is 2. The largest absolute Gasteiger partial charge is 0.293 e. The summed E-state index contributed by atoms with van der Waals surface area (Å²) in [5.41, 5.74) is 0. The van der Waals surface area contributed by atoms with E-state index >= 15 is 0 Å². The highest BCUT2D eigenvalue weighted by Crippen LogP contribution is 2.28. The first-order chi connectivity index (χ1) is 8.08. The van der Waals surface area contributed by atoms with Crippen molar-refractivity contribution in [1.29, 1.82) is 0 Å². The zero-order chi connectivity index (χ0) is 12.4. The number of nitrogens with zero attached hydrogens (tertiary/aromatic N) is 2. The highest BCUT2D eigenvalue weighted by atomic mass is 32.2. The Bertz CT molecular complexity index is 467. The van der Waals surface area contributed by atoms with Crippen LogP contribution in [0.2, 0.25) is 0 Å². The standard InChI is InChI=1S/C11H11FN2O2S/c1-7(15)17-8-5-10(16)14(6-8)11-9(12)3-2-4-13-11/h2-4,8H,5-6H2,1H3. The van der Waals surface area contributed by atoms with E-state index in [-0.39, 0.29) is 28.5 Å². The van der Waals surface area contributed by atoms with Crippen LogP contribution in [0.4, 0.5) is 10.2 Å². The van der Waals surface area contributed by atoms with Crippen molar-refractivity contribution >= 4 is 28.6 Å². The summed E-state index contributed by atoms with van der Waals surface area (Å²) in [6, 6.07) is 2.74. The SMILES string of the molecule is CC(=O)SC1CC(=O)N(c2ncccc2F)C1.